The van der Waals surface area contributed by atoms with Crippen LogP contribution in [0.1, 0.15) is 19.8 Å². The molecule has 0 bridgehead atoms. The molecule has 1 saturated heterocycles. The minimum absolute atomic E-state index is 0.0561. The van der Waals surface area contributed by atoms with E-state index in [1.165, 1.54) is 0 Å². The summed E-state index contributed by atoms with van der Waals surface area (Å²) < 4.78 is 5.14. The van der Waals surface area contributed by atoms with Gasteiger partial charge >= 0.3 is 6.03 Å². The molecule has 1 aliphatic rings. The van der Waals surface area contributed by atoms with E-state index in [4.69, 9.17) is 4.74 Å². The van der Waals surface area contributed by atoms with Crippen LogP contribution in [-0.2, 0) is 4.74 Å². The monoisotopic (exact) mass is 229 g/mol. The Bertz CT molecular complexity index is 205. The van der Waals surface area contributed by atoms with Crippen LogP contribution in [0.25, 0.3) is 0 Å². The zero-order valence-corrected chi connectivity index (χ0v) is 10.3. The molecular weight excluding hydrogens is 206 g/mol. The fraction of sp³-hybridized carbons (Fsp3) is 0.909. The van der Waals surface area contributed by atoms with Crippen LogP contribution in [0, 0.1) is 0 Å². The normalized spacial score (nSPS) is 17.6. The lowest BCUT2D eigenvalue weighted by molar-refractivity contribution is 0.160. The molecule has 5 heteroatoms. The third-order valence-electron chi connectivity index (χ3n) is 2.76. The Morgan fingerprint density at radius 2 is 2.44 bits per heavy atom. The van der Waals surface area contributed by atoms with Crippen LogP contribution in [0.5, 0.6) is 0 Å². The molecule has 2 amide bonds. The zero-order valence-electron chi connectivity index (χ0n) is 10.3. The van der Waals surface area contributed by atoms with E-state index in [0.717, 1.165) is 45.6 Å². The number of urea groups is 1. The van der Waals surface area contributed by atoms with Crippen molar-refractivity contribution >= 4 is 6.03 Å². The summed E-state index contributed by atoms with van der Waals surface area (Å²) in [6, 6.07) is 0.459. The van der Waals surface area contributed by atoms with Crippen molar-refractivity contribution in [2.75, 3.05) is 39.9 Å². The topological polar surface area (TPSA) is 53.6 Å². The minimum Gasteiger partial charge on any atom is -0.383 e. The van der Waals surface area contributed by atoms with Crippen LogP contribution in [0.3, 0.4) is 0 Å². The highest BCUT2D eigenvalue weighted by Crippen LogP contribution is 1.98. The average molecular weight is 229 g/mol. The average Bonchev–Trinajstić information content (AvgIpc) is 2.65. The number of ether oxygens (including phenoxy) is 1. The molecule has 1 unspecified atom stereocenters. The molecule has 0 aromatic heterocycles. The van der Waals surface area contributed by atoms with Crippen molar-refractivity contribution in [3.05, 3.63) is 0 Å². The second-order valence-corrected chi connectivity index (χ2v) is 4.11. The highest BCUT2D eigenvalue weighted by atomic mass is 16.5. The number of methoxy groups -OCH3 is 1. The van der Waals surface area contributed by atoms with Crippen molar-refractivity contribution in [2.45, 2.75) is 25.8 Å². The lowest BCUT2D eigenvalue weighted by Crippen LogP contribution is -2.40. The molecule has 5 nitrogen and oxygen atoms in total. The number of amides is 2. The zero-order chi connectivity index (χ0) is 11.8. The summed E-state index contributed by atoms with van der Waals surface area (Å²) in [6.45, 7) is 6.11. The molecule has 0 aromatic rings. The van der Waals surface area contributed by atoms with Gasteiger partial charge in [-0.1, -0.05) is 13.3 Å². The fourth-order valence-corrected chi connectivity index (χ4v) is 1.92. The summed E-state index contributed by atoms with van der Waals surface area (Å²) in [5.41, 5.74) is 0. The number of carbonyl (C=O) groups excluding carboxylic acids is 1. The van der Waals surface area contributed by atoms with E-state index in [9.17, 15) is 4.79 Å². The quantitative estimate of drug-likeness (QED) is 0.634. The summed E-state index contributed by atoms with van der Waals surface area (Å²) in [5.74, 6) is 0. The first kappa shape index (κ1) is 13.3. The predicted molar refractivity (Wildman–Crippen MR) is 63.5 cm³/mol. The number of nitrogens with zero attached hydrogens (tertiary/aromatic N) is 1. The van der Waals surface area contributed by atoms with Crippen molar-refractivity contribution in [1.29, 1.82) is 0 Å². The van der Waals surface area contributed by atoms with E-state index in [2.05, 4.69) is 17.6 Å². The van der Waals surface area contributed by atoms with Gasteiger partial charge in [-0.3, -0.25) is 0 Å². The Morgan fingerprint density at radius 3 is 3.00 bits per heavy atom. The summed E-state index contributed by atoms with van der Waals surface area (Å²) >= 11 is 0. The fourth-order valence-electron chi connectivity index (χ4n) is 1.92. The summed E-state index contributed by atoms with van der Waals surface area (Å²) in [5, 5.41) is 6.21. The minimum atomic E-state index is 0.0561. The number of hydrogen-bond donors (Lipinski definition) is 2. The largest absolute Gasteiger partial charge is 0.383 e. The van der Waals surface area contributed by atoms with Crippen LogP contribution in [0.2, 0.25) is 0 Å². The van der Waals surface area contributed by atoms with Gasteiger partial charge in [0.1, 0.15) is 0 Å². The first-order valence-electron chi connectivity index (χ1n) is 6.03. The summed E-state index contributed by atoms with van der Waals surface area (Å²) in [4.78, 5) is 13.1. The lowest BCUT2D eigenvalue weighted by atomic mass is 10.2. The van der Waals surface area contributed by atoms with Gasteiger partial charge in [0, 0.05) is 39.3 Å². The standard InChI is InChI=1S/C11H23N3O2/c1-3-4-10(9-16-2)12-5-7-14-8-6-13-11(14)15/h10,12H,3-9H2,1-2H3,(H,13,15). The Labute approximate surface area is 97.5 Å². The van der Waals surface area contributed by atoms with Gasteiger partial charge in [0.2, 0.25) is 0 Å². The first-order valence-corrected chi connectivity index (χ1v) is 6.03. The molecule has 1 heterocycles. The molecule has 0 aliphatic carbocycles. The highest BCUT2D eigenvalue weighted by molar-refractivity contribution is 5.76. The van der Waals surface area contributed by atoms with Gasteiger partial charge in [-0.05, 0) is 6.42 Å². The van der Waals surface area contributed by atoms with E-state index in [1.807, 2.05) is 4.90 Å². The Balaban J connectivity index is 2.14. The molecule has 0 aromatic carbocycles. The number of rotatable bonds is 8. The lowest BCUT2D eigenvalue weighted by Gasteiger charge is -2.19. The maximum Gasteiger partial charge on any atom is 0.317 e. The SMILES string of the molecule is CCCC(COC)NCCN1CCNC1=O. The molecular formula is C11H23N3O2. The van der Waals surface area contributed by atoms with Crippen molar-refractivity contribution in [2.24, 2.45) is 0 Å². The predicted octanol–water partition coefficient (Wildman–Crippen LogP) is 0.416. The third kappa shape index (κ3) is 4.37. The molecule has 16 heavy (non-hydrogen) atoms. The van der Waals surface area contributed by atoms with Gasteiger partial charge in [0.05, 0.1) is 6.61 Å². The number of carbonyl (C=O) groups is 1. The van der Waals surface area contributed by atoms with Crippen LogP contribution in [-0.4, -0.2) is 56.9 Å². The van der Waals surface area contributed by atoms with Gasteiger partial charge in [-0.15, -0.1) is 0 Å². The van der Waals surface area contributed by atoms with Crippen LogP contribution >= 0.6 is 0 Å². The molecule has 1 atom stereocenters. The molecule has 1 rings (SSSR count). The molecule has 1 fully saturated rings. The molecule has 0 radical (unpaired) electrons. The molecule has 1 aliphatic heterocycles. The second kappa shape index (κ2) is 7.46. The molecule has 0 spiro atoms. The highest BCUT2D eigenvalue weighted by Gasteiger charge is 2.18. The molecule has 94 valence electrons. The van der Waals surface area contributed by atoms with Crippen LogP contribution in [0.15, 0.2) is 0 Å². The van der Waals surface area contributed by atoms with Gasteiger partial charge in [0.25, 0.3) is 0 Å². The molecule has 0 saturated carbocycles. The van der Waals surface area contributed by atoms with E-state index >= 15 is 0 Å². The summed E-state index contributed by atoms with van der Waals surface area (Å²) in [7, 11) is 1.72. The van der Waals surface area contributed by atoms with Crippen molar-refractivity contribution in [3.63, 3.8) is 0 Å². The van der Waals surface area contributed by atoms with E-state index < -0.39 is 0 Å². The third-order valence-corrected chi connectivity index (χ3v) is 2.76. The Kier molecular flexibility index (Phi) is 6.18. The number of nitrogens with one attached hydrogen (secondary N) is 2. The van der Waals surface area contributed by atoms with Gasteiger partial charge < -0.3 is 20.3 Å². The van der Waals surface area contributed by atoms with Crippen molar-refractivity contribution in [1.82, 2.24) is 15.5 Å². The summed E-state index contributed by atoms with van der Waals surface area (Å²) in [6.07, 6.45) is 2.26. The Hall–Kier alpha value is -0.810. The number of hydrogen-bond acceptors (Lipinski definition) is 3. The maximum absolute atomic E-state index is 11.3. The van der Waals surface area contributed by atoms with E-state index in [-0.39, 0.29) is 6.03 Å². The van der Waals surface area contributed by atoms with Crippen LogP contribution in [0.4, 0.5) is 4.79 Å². The van der Waals surface area contributed by atoms with Crippen molar-refractivity contribution < 1.29 is 9.53 Å². The maximum atomic E-state index is 11.3. The van der Waals surface area contributed by atoms with Gasteiger partial charge in [-0.25, -0.2) is 4.79 Å². The second-order valence-electron chi connectivity index (χ2n) is 4.11. The van der Waals surface area contributed by atoms with Gasteiger partial charge in [0.15, 0.2) is 0 Å². The van der Waals surface area contributed by atoms with E-state index in [1.54, 1.807) is 7.11 Å². The Morgan fingerprint density at radius 1 is 1.62 bits per heavy atom. The van der Waals surface area contributed by atoms with Crippen molar-refractivity contribution in [3.8, 4) is 0 Å². The van der Waals surface area contributed by atoms with E-state index in [0.29, 0.717) is 6.04 Å². The smallest absolute Gasteiger partial charge is 0.317 e. The van der Waals surface area contributed by atoms with Crippen LogP contribution < -0.4 is 10.6 Å². The van der Waals surface area contributed by atoms with Gasteiger partial charge in [-0.2, -0.15) is 0 Å². The molecule has 2 N–H and O–H groups in total. The first-order chi connectivity index (χ1) is 7.77.